The highest BCUT2D eigenvalue weighted by Gasteiger charge is 2.25. The van der Waals surface area contributed by atoms with Crippen molar-refractivity contribution in [3.63, 3.8) is 0 Å². The van der Waals surface area contributed by atoms with Gasteiger partial charge in [-0.2, -0.15) is 5.10 Å². The van der Waals surface area contributed by atoms with Gasteiger partial charge in [-0.15, -0.1) is 0 Å². The molecule has 1 amide bonds. The number of nitrogens with zero attached hydrogens (tertiary/aromatic N) is 2. The summed E-state index contributed by atoms with van der Waals surface area (Å²) in [6.45, 7) is 6.76. The molecule has 146 valence electrons. The van der Waals surface area contributed by atoms with Crippen LogP contribution in [0.2, 0.25) is 5.02 Å². The maximum atomic E-state index is 12.6. The van der Waals surface area contributed by atoms with Gasteiger partial charge < -0.3 is 10.2 Å². The Labute approximate surface area is 170 Å². The first-order valence-corrected chi connectivity index (χ1v) is 9.74. The van der Waals surface area contributed by atoms with E-state index in [4.69, 9.17) is 16.7 Å². The van der Waals surface area contributed by atoms with Crippen molar-refractivity contribution in [2.45, 2.75) is 33.4 Å². The number of likely N-dealkylation sites (N-methyl/N-ethyl adjacent to an activating group) is 1. The van der Waals surface area contributed by atoms with Gasteiger partial charge in [0, 0.05) is 10.7 Å². The van der Waals surface area contributed by atoms with Crippen LogP contribution in [0.3, 0.4) is 0 Å². The molecule has 1 aromatic heterocycles. The van der Waals surface area contributed by atoms with Gasteiger partial charge in [-0.25, -0.2) is 4.68 Å². The molecule has 2 atom stereocenters. The van der Waals surface area contributed by atoms with E-state index in [9.17, 15) is 4.79 Å². The molecule has 2 N–H and O–H groups in total. The monoisotopic (exact) mass is 397 g/mol. The Morgan fingerprint density at radius 2 is 1.79 bits per heavy atom. The van der Waals surface area contributed by atoms with Crippen molar-refractivity contribution in [1.82, 2.24) is 9.78 Å². The molecule has 0 aliphatic rings. The molecule has 28 heavy (non-hydrogen) atoms. The van der Waals surface area contributed by atoms with E-state index >= 15 is 0 Å². The normalized spacial score (nSPS) is 13.2. The number of carbonyl (C=O) groups is 1. The van der Waals surface area contributed by atoms with Crippen LogP contribution in [0.4, 0.5) is 5.69 Å². The van der Waals surface area contributed by atoms with Crippen LogP contribution in [-0.2, 0) is 11.3 Å². The lowest BCUT2D eigenvalue weighted by molar-refractivity contribution is -0.907. The minimum atomic E-state index is -0.213. The van der Waals surface area contributed by atoms with E-state index in [0.717, 1.165) is 34.2 Å². The van der Waals surface area contributed by atoms with Gasteiger partial charge >= 0.3 is 0 Å². The first-order chi connectivity index (χ1) is 13.4. The highest BCUT2D eigenvalue weighted by Crippen LogP contribution is 2.17. The molecule has 0 radical (unpaired) electrons. The summed E-state index contributed by atoms with van der Waals surface area (Å²) < 4.78 is 1.97. The molecule has 5 nitrogen and oxygen atoms in total. The minimum Gasteiger partial charge on any atom is -0.324 e. The predicted molar refractivity (Wildman–Crippen MR) is 113 cm³/mol. The standard InChI is InChI=1S/C22H25ClN4O/c1-15-21(16(2)27(25-15)20-8-6-5-7-9-20)14-26(4)17(3)22(28)24-19-12-10-18(23)11-13-19/h5-13,17H,14H2,1-4H3,(H,24,28)/p+1/t17-/m0/s1. The maximum absolute atomic E-state index is 12.6. The van der Waals surface area contributed by atoms with E-state index in [0.29, 0.717) is 5.02 Å². The first kappa shape index (κ1) is 20.1. The van der Waals surface area contributed by atoms with Crippen molar-refractivity contribution in [1.29, 1.82) is 0 Å². The third kappa shape index (κ3) is 4.43. The Bertz CT molecular complexity index is 951. The molecule has 0 saturated carbocycles. The molecule has 1 unspecified atom stereocenters. The Balaban J connectivity index is 1.71. The topological polar surface area (TPSA) is 51.4 Å². The number of aryl methyl sites for hydroxylation is 1. The fourth-order valence-electron chi connectivity index (χ4n) is 3.19. The summed E-state index contributed by atoms with van der Waals surface area (Å²) in [6, 6.07) is 17.0. The highest BCUT2D eigenvalue weighted by atomic mass is 35.5. The minimum absolute atomic E-state index is 0.0226. The third-order valence-corrected chi connectivity index (χ3v) is 5.39. The van der Waals surface area contributed by atoms with Gasteiger partial charge in [-0.3, -0.25) is 4.79 Å². The van der Waals surface area contributed by atoms with Crippen LogP contribution < -0.4 is 10.2 Å². The Kier molecular flexibility index (Phi) is 6.17. The average molecular weight is 398 g/mol. The van der Waals surface area contributed by atoms with Gasteiger partial charge in [0.2, 0.25) is 0 Å². The van der Waals surface area contributed by atoms with Crippen molar-refractivity contribution < 1.29 is 9.69 Å². The van der Waals surface area contributed by atoms with Crippen molar-refractivity contribution in [2.24, 2.45) is 0 Å². The van der Waals surface area contributed by atoms with E-state index in [1.54, 1.807) is 24.3 Å². The maximum Gasteiger partial charge on any atom is 0.282 e. The van der Waals surface area contributed by atoms with Crippen LogP contribution >= 0.6 is 11.6 Å². The second kappa shape index (κ2) is 8.59. The number of anilines is 1. The summed E-state index contributed by atoms with van der Waals surface area (Å²) in [4.78, 5) is 13.7. The van der Waals surface area contributed by atoms with Crippen molar-refractivity contribution in [2.75, 3.05) is 12.4 Å². The van der Waals surface area contributed by atoms with Crippen LogP contribution in [0, 0.1) is 13.8 Å². The van der Waals surface area contributed by atoms with Crippen LogP contribution in [0.25, 0.3) is 5.69 Å². The summed E-state index contributed by atoms with van der Waals surface area (Å²) in [5.41, 5.74) is 5.06. The molecule has 2 aromatic carbocycles. The van der Waals surface area contributed by atoms with Crippen molar-refractivity contribution in [3.8, 4) is 5.69 Å². The quantitative estimate of drug-likeness (QED) is 0.671. The van der Waals surface area contributed by atoms with Gasteiger partial charge in [-0.05, 0) is 57.2 Å². The number of halogens is 1. The number of rotatable bonds is 6. The molecule has 3 aromatic rings. The summed E-state index contributed by atoms with van der Waals surface area (Å²) in [6.07, 6.45) is 0. The number of benzene rings is 2. The summed E-state index contributed by atoms with van der Waals surface area (Å²) in [7, 11) is 2.03. The molecule has 0 aliphatic heterocycles. The smallest absolute Gasteiger partial charge is 0.282 e. The SMILES string of the molecule is Cc1nn(-c2ccccc2)c(C)c1C[NH+](C)[C@@H](C)C(=O)Nc1ccc(Cl)cc1. The predicted octanol–water partition coefficient (Wildman–Crippen LogP) is 3.18. The Morgan fingerprint density at radius 1 is 1.14 bits per heavy atom. The van der Waals surface area contributed by atoms with Gasteiger partial charge in [0.15, 0.2) is 6.04 Å². The number of hydrogen-bond acceptors (Lipinski definition) is 2. The number of amides is 1. The Morgan fingerprint density at radius 3 is 2.43 bits per heavy atom. The molecule has 6 heteroatoms. The number of para-hydroxylation sites is 1. The third-order valence-electron chi connectivity index (χ3n) is 5.14. The van der Waals surface area contributed by atoms with E-state index in [2.05, 4.69) is 12.2 Å². The van der Waals surface area contributed by atoms with Crippen molar-refractivity contribution >= 4 is 23.2 Å². The van der Waals surface area contributed by atoms with Crippen LogP contribution in [0.15, 0.2) is 54.6 Å². The van der Waals surface area contributed by atoms with E-state index in [1.165, 1.54) is 5.56 Å². The van der Waals surface area contributed by atoms with E-state index in [1.807, 2.05) is 55.9 Å². The molecule has 0 aliphatic carbocycles. The van der Waals surface area contributed by atoms with Crippen LogP contribution in [-0.4, -0.2) is 28.8 Å². The zero-order valence-electron chi connectivity index (χ0n) is 16.7. The lowest BCUT2D eigenvalue weighted by Crippen LogP contribution is -3.12. The zero-order valence-corrected chi connectivity index (χ0v) is 17.4. The molecule has 0 saturated heterocycles. The zero-order chi connectivity index (χ0) is 20.3. The molecule has 1 heterocycles. The van der Waals surface area contributed by atoms with E-state index in [-0.39, 0.29) is 11.9 Å². The lowest BCUT2D eigenvalue weighted by Gasteiger charge is -2.21. The number of hydrogen-bond donors (Lipinski definition) is 2. The number of quaternary nitrogens is 1. The van der Waals surface area contributed by atoms with Crippen molar-refractivity contribution in [3.05, 3.63) is 76.6 Å². The molecule has 3 rings (SSSR count). The number of carbonyl (C=O) groups excluding carboxylic acids is 1. The summed E-state index contributed by atoms with van der Waals surface area (Å²) in [5.74, 6) is -0.0226. The van der Waals surface area contributed by atoms with Gasteiger partial charge in [-0.1, -0.05) is 29.8 Å². The largest absolute Gasteiger partial charge is 0.324 e. The number of nitrogens with one attached hydrogen (secondary N) is 2. The highest BCUT2D eigenvalue weighted by molar-refractivity contribution is 6.30. The number of aromatic nitrogens is 2. The summed E-state index contributed by atoms with van der Waals surface area (Å²) in [5, 5.41) is 8.31. The van der Waals surface area contributed by atoms with E-state index < -0.39 is 0 Å². The molecule has 0 fully saturated rings. The van der Waals surface area contributed by atoms with Gasteiger partial charge in [0.05, 0.1) is 29.7 Å². The fourth-order valence-corrected chi connectivity index (χ4v) is 3.32. The molecular weight excluding hydrogens is 372 g/mol. The second-order valence-electron chi connectivity index (χ2n) is 7.14. The van der Waals surface area contributed by atoms with Gasteiger partial charge in [0.25, 0.3) is 5.91 Å². The lowest BCUT2D eigenvalue weighted by atomic mass is 10.1. The second-order valence-corrected chi connectivity index (χ2v) is 7.57. The van der Waals surface area contributed by atoms with Crippen LogP contribution in [0.5, 0.6) is 0 Å². The first-order valence-electron chi connectivity index (χ1n) is 9.36. The molecular formula is C22H26ClN4O+. The van der Waals surface area contributed by atoms with Crippen LogP contribution in [0.1, 0.15) is 23.9 Å². The summed E-state index contributed by atoms with van der Waals surface area (Å²) >= 11 is 5.90. The Hall–Kier alpha value is -2.63. The fraction of sp³-hybridized carbons (Fsp3) is 0.273. The van der Waals surface area contributed by atoms with Gasteiger partial charge in [0.1, 0.15) is 6.54 Å². The average Bonchev–Trinajstić information content (AvgIpc) is 2.98. The molecule has 0 bridgehead atoms. The molecule has 0 spiro atoms.